The lowest BCUT2D eigenvalue weighted by Gasteiger charge is -2.41. The molecule has 0 spiro atoms. The Morgan fingerprint density at radius 2 is 1.32 bits per heavy atom. The van der Waals surface area contributed by atoms with E-state index in [1.165, 1.54) is 63.4 Å². The van der Waals surface area contributed by atoms with Crippen LogP contribution in [0.3, 0.4) is 0 Å². The fourth-order valence-electron chi connectivity index (χ4n) is 5.25. The van der Waals surface area contributed by atoms with Crippen LogP contribution in [0, 0.1) is 23.7 Å². The number of aryl methyl sites for hydroxylation is 1. The van der Waals surface area contributed by atoms with Crippen molar-refractivity contribution in [1.29, 1.82) is 0 Å². The summed E-state index contributed by atoms with van der Waals surface area (Å²) in [5.41, 5.74) is 2.95. The fraction of sp³-hybridized carbons (Fsp3) is 0.778. The topological polar surface area (TPSA) is 20.2 Å². The molecule has 0 aliphatic rings. The van der Waals surface area contributed by atoms with Crippen molar-refractivity contribution in [3.63, 3.8) is 0 Å². The number of hydrogen-bond acceptors (Lipinski definition) is 1. The maximum absolute atomic E-state index is 10.5. The first-order chi connectivity index (χ1) is 13.0. The minimum absolute atomic E-state index is 0.390. The first kappa shape index (κ1) is 25.1. The van der Waals surface area contributed by atoms with Gasteiger partial charge in [0.2, 0.25) is 0 Å². The number of para-hydroxylation sites is 1. The highest BCUT2D eigenvalue weighted by atomic mass is 16.3. The molecule has 1 aromatic rings. The van der Waals surface area contributed by atoms with Gasteiger partial charge in [-0.2, -0.15) is 0 Å². The maximum atomic E-state index is 10.5. The summed E-state index contributed by atoms with van der Waals surface area (Å²) in [5, 5.41) is 10.5. The Bertz CT molecular complexity index is 545. The Kier molecular flexibility index (Phi) is 10.1. The van der Waals surface area contributed by atoms with E-state index in [0.29, 0.717) is 22.5 Å². The van der Waals surface area contributed by atoms with E-state index in [2.05, 4.69) is 60.6 Å². The van der Waals surface area contributed by atoms with Gasteiger partial charge in [0, 0.05) is 0 Å². The molecule has 0 amide bonds. The van der Waals surface area contributed by atoms with E-state index in [4.69, 9.17) is 0 Å². The van der Waals surface area contributed by atoms with E-state index in [1.54, 1.807) is 0 Å². The summed E-state index contributed by atoms with van der Waals surface area (Å²) < 4.78 is 0. The average molecular weight is 389 g/mol. The van der Waals surface area contributed by atoms with Crippen LogP contribution < -0.4 is 0 Å². The lowest BCUT2D eigenvalue weighted by atomic mass is 9.65. The van der Waals surface area contributed by atoms with Crippen LogP contribution in [0.1, 0.15) is 123 Å². The third kappa shape index (κ3) is 8.18. The molecule has 1 aromatic carbocycles. The van der Waals surface area contributed by atoms with Gasteiger partial charge in [-0.1, -0.05) is 105 Å². The van der Waals surface area contributed by atoms with Gasteiger partial charge >= 0.3 is 0 Å². The van der Waals surface area contributed by atoms with Gasteiger partial charge in [0.15, 0.2) is 0 Å². The summed E-state index contributed by atoms with van der Waals surface area (Å²) in [5.74, 6) is 1.81. The van der Waals surface area contributed by atoms with Crippen molar-refractivity contribution < 1.29 is 5.11 Å². The van der Waals surface area contributed by atoms with Crippen LogP contribution in [0.15, 0.2) is 18.2 Å². The van der Waals surface area contributed by atoms with Crippen molar-refractivity contribution in [3.8, 4) is 5.75 Å². The number of benzene rings is 1. The molecule has 28 heavy (non-hydrogen) atoms. The number of aromatic hydroxyl groups is 1. The molecule has 1 unspecified atom stereocenters. The van der Waals surface area contributed by atoms with Crippen LogP contribution >= 0.6 is 0 Å². The largest absolute Gasteiger partial charge is 0.507 e. The first-order valence-corrected chi connectivity index (χ1v) is 11.8. The summed E-state index contributed by atoms with van der Waals surface area (Å²) in [6.07, 6.45) is 11.6. The lowest BCUT2D eigenvalue weighted by molar-refractivity contribution is 0.0898. The number of phenolic OH excluding ortho intramolecular Hbond substituents is 1. The molecule has 0 saturated heterocycles. The van der Waals surface area contributed by atoms with Gasteiger partial charge in [0.1, 0.15) is 5.75 Å². The number of unbranched alkanes of at least 4 members (excludes halogenated alkanes) is 4. The highest BCUT2D eigenvalue weighted by Crippen LogP contribution is 2.43. The van der Waals surface area contributed by atoms with Gasteiger partial charge < -0.3 is 5.11 Å². The molecule has 0 aliphatic heterocycles. The minimum atomic E-state index is 0.390. The summed E-state index contributed by atoms with van der Waals surface area (Å²) in [4.78, 5) is 0. The third-order valence-electron chi connectivity index (χ3n) is 6.48. The molecular formula is C27H48O. The van der Waals surface area contributed by atoms with Crippen LogP contribution in [0.2, 0.25) is 0 Å². The molecule has 1 rings (SSSR count). The Hall–Kier alpha value is -0.980. The molecular weight excluding hydrogens is 340 g/mol. The second kappa shape index (κ2) is 11.3. The number of hydrogen-bond donors (Lipinski definition) is 1. The zero-order valence-electron chi connectivity index (χ0n) is 20.2. The fourth-order valence-corrected chi connectivity index (χ4v) is 5.25. The van der Waals surface area contributed by atoms with Crippen molar-refractivity contribution in [2.24, 2.45) is 16.7 Å². The molecule has 1 atom stereocenters. The smallest absolute Gasteiger partial charge is 0.121 e. The number of phenols is 1. The van der Waals surface area contributed by atoms with Gasteiger partial charge in [-0.3, -0.25) is 0 Å². The standard InChI is InChI=1S/C27H48O/c1-9-16-22(23-19-15-17-21(2)25(23)28)18-13-11-10-12-14-20-24(26(3,4)5)27(6,7)8/h15,17,19,22,24,28H,9-14,16,18,20H2,1-8H3. The van der Waals surface area contributed by atoms with Crippen molar-refractivity contribution in [3.05, 3.63) is 29.3 Å². The van der Waals surface area contributed by atoms with Crippen LogP contribution in [-0.4, -0.2) is 5.11 Å². The summed E-state index contributed by atoms with van der Waals surface area (Å²) in [7, 11) is 0. The molecule has 1 N–H and O–H groups in total. The summed E-state index contributed by atoms with van der Waals surface area (Å²) >= 11 is 0. The molecule has 1 nitrogen and oxygen atoms in total. The first-order valence-electron chi connectivity index (χ1n) is 11.8. The molecule has 0 saturated carbocycles. The molecule has 0 fully saturated rings. The molecule has 0 aliphatic carbocycles. The molecule has 0 heterocycles. The minimum Gasteiger partial charge on any atom is -0.507 e. The average Bonchev–Trinajstić information content (AvgIpc) is 2.56. The molecule has 0 radical (unpaired) electrons. The Morgan fingerprint density at radius 1 is 0.786 bits per heavy atom. The quantitative estimate of drug-likeness (QED) is 0.375. The van der Waals surface area contributed by atoms with Gasteiger partial charge in [-0.05, 0) is 60.0 Å². The lowest BCUT2D eigenvalue weighted by Crippen LogP contribution is -2.32. The normalized spacial score (nSPS) is 13.9. The monoisotopic (exact) mass is 388 g/mol. The molecule has 0 bridgehead atoms. The predicted octanol–water partition coefficient (Wildman–Crippen LogP) is 9.02. The van der Waals surface area contributed by atoms with Gasteiger partial charge in [0.25, 0.3) is 0 Å². The maximum Gasteiger partial charge on any atom is 0.121 e. The van der Waals surface area contributed by atoms with Crippen LogP contribution in [0.25, 0.3) is 0 Å². The van der Waals surface area contributed by atoms with Crippen molar-refractivity contribution >= 4 is 0 Å². The van der Waals surface area contributed by atoms with Crippen LogP contribution in [-0.2, 0) is 0 Å². The number of rotatable bonds is 11. The van der Waals surface area contributed by atoms with Crippen molar-refractivity contribution in [2.75, 3.05) is 0 Å². The molecule has 1 heteroatoms. The van der Waals surface area contributed by atoms with E-state index in [-0.39, 0.29) is 0 Å². The van der Waals surface area contributed by atoms with Gasteiger partial charge in [0.05, 0.1) is 0 Å². The van der Waals surface area contributed by atoms with E-state index in [0.717, 1.165) is 11.5 Å². The highest BCUT2D eigenvalue weighted by molar-refractivity contribution is 5.41. The Labute approximate surface area is 176 Å². The van der Waals surface area contributed by atoms with E-state index in [9.17, 15) is 5.11 Å². The van der Waals surface area contributed by atoms with Crippen molar-refractivity contribution in [1.82, 2.24) is 0 Å². The van der Waals surface area contributed by atoms with Gasteiger partial charge in [-0.15, -0.1) is 0 Å². The Balaban J connectivity index is 2.40. The zero-order valence-corrected chi connectivity index (χ0v) is 20.2. The SMILES string of the molecule is CCCC(CCCCCCCC(C(C)(C)C)C(C)(C)C)c1cccc(C)c1O. The van der Waals surface area contributed by atoms with E-state index < -0.39 is 0 Å². The summed E-state index contributed by atoms with van der Waals surface area (Å²) in [6.45, 7) is 18.7. The zero-order chi connectivity index (χ0) is 21.4. The van der Waals surface area contributed by atoms with Gasteiger partial charge in [-0.25, -0.2) is 0 Å². The second-order valence-corrected chi connectivity index (χ2v) is 11.1. The second-order valence-electron chi connectivity index (χ2n) is 11.1. The van der Waals surface area contributed by atoms with E-state index in [1.807, 2.05) is 13.0 Å². The Morgan fingerprint density at radius 3 is 1.86 bits per heavy atom. The van der Waals surface area contributed by atoms with E-state index >= 15 is 0 Å². The van der Waals surface area contributed by atoms with Crippen LogP contribution in [0.5, 0.6) is 5.75 Å². The third-order valence-corrected chi connectivity index (χ3v) is 6.48. The summed E-state index contributed by atoms with van der Waals surface area (Å²) in [6, 6.07) is 6.22. The molecule has 0 aromatic heterocycles. The molecule has 162 valence electrons. The van der Waals surface area contributed by atoms with Crippen molar-refractivity contribution in [2.45, 2.75) is 119 Å². The highest BCUT2D eigenvalue weighted by Gasteiger charge is 2.33. The predicted molar refractivity (Wildman–Crippen MR) is 125 cm³/mol. The van der Waals surface area contributed by atoms with Crippen LogP contribution in [0.4, 0.5) is 0 Å².